The number of aryl methyl sites for hydroxylation is 1. The van der Waals surface area contributed by atoms with Gasteiger partial charge in [-0.3, -0.25) is 4.79 Å². The van der Waals surface area contributed by atoms with Crippen LogP contribution in [0.5, 0.6) is 0 Å². The number of Topliss-reactive ketones (excluding diaryl/α,β-unsaturated/α-hetero) is 1. The summed E-state index contributed by atoms with van der Waals surface area (Å²) in [4.78, 5) is 27.6. The van der Waals surface area contributed by atoms with Crippen LogP contribution >= 0.6 is 11.3 Å². The summed E-state index contributed by atoms with van der Waals surface area (Å²) in [5, 5.41) is 3.29. The van der Waals surface area contributed by atoms with Crippen LogP contribution in [-0.4, -0.2) is 32.1 Å². The number of methoxy groups -OCH3 is 1. The lowest BCUT2D eigenvalue weighted by Gasteiger charge is -2.33. The van der Waals surface area contributed by atoms with Gasteiger partial charge < -0.3 is 14.8 Å². The van der Waals surface area contributed by atoms with E-state index in [2.05, 4.69) is 5.32 Å². The fraction of sp³-hybridized carbons (Fsp3) is 0.474. The maximum atomic E-state index is 12.8. The van der Waals surface area contributed by atoms with Gasteiger partial charge >= 0.3 is 5.97 Å². The number of hydrogen-bond donors (Lipinski definition) is 1. The Labute approximate surface area is 151 Å². The van der Waals surface area contributed by atoms with E-state index in [0.29, 0.717) is 18.6 Å². The second-order valence-electron chi connectivity index (χ2n) is 6.34. The van der Waals surface area contributed by atoms with Gasteiger partial charge in [-0.1, -0.05) is 0 Å². The first-order valence-electron chi connectivity index (χ1n) is 8.49. The molecule has 0 saturated carbocycles. The third-order valence-electron chi connectivity index (χ3n) is 4.56. The van der Waals surface area contributed by atoms with Crippen molar-refractivity contribution in [1.29, 1.82) is 0 Å². The van der Waals surface area contributed by atoms with Gasteiger partial charge in [0.15, 0.2) is 5.78 Å². The molecule has 1 aromatic heterocycles. The number of carbonyl (C=O) groups excluding carboxylic acids is 2. The van der Waals surface area contributed by atoms with Crippen LogP contribution < -0.4 is 5.32 Å². The summed E-state index contributed by atoms with van der Waals surface area (Å²) in [6, 6.07) is 4.04. The number of ether oxygens (including phenoxy) is 2. The number of ketones is 1. The van der Waals surface area contributed by atoms with Gasteiger partial charge in [0.2, 0.25) is 0 Å². The van der Waals surface area contributed by atoms with E-state index in [1.54, 1.807) is 18.4 Å². The van der Waals surface area contributed by atoms with E-state index in [9.17, 15) is 9.59 Å². The van der Waals surface area contributed by atoms with E-state index in [-0.39, 0.29) is 24.3 Å². The van der Waals surface area contributed by atoms with E-state index < -0.39 is 0 Å². The molecule has 25 heavy (non-hydrogen) atoms. The van der Waals surface area contributed by atoms with Gasteiger partial charge in [-0.05, 0) is 38.8 Å². The van der Waals surface area contributed by atoms with Crippen molar-refractivity contribution in [3.8, 4) is 0 Å². The van der Waals surface area contributed by atoms with Crippen LogP contribution in [0.1, 0.15) is 41.9 Å². The van der Waals surface area contributed by atoms with Crippen LogP contribution in [0, 0.1) is 6.92 Å². The summed E-state index contributed by atoms with van der Waals surface area (Å²) in [7, 11) is 1.57. The normalized spacial score (nSPS) is 20.4. The van der Waals surface area contributed by atoms with Crippen LogP contribution in [0.15, 0.2) is 34.7 Å². The predicted octanol–water partition coefficient (Wildman–Crippen LogP) is 3.21. The summed E-state index contributed by atoms with van der Waals surface area (Å²) >= 11 is 1.62. The van der Waals surface area contributed by atoms with Gasteiger partial charge in [0.25, 0.3) is 0 Å². The Morgan fingerprint density at radius 3 is 2.76 bits per heavy atom. The Kier molecular flexibility index (Phi) is 5.39. The monoisotopic (exact) mass is 361 g/mol. The molecular formula is C19H23NO4S. The Morgan fingerprint density at radius 1 is 1.28 bits per heavy atom. The predicted molar refractivity (Wildman–Crippen MR) is 96.4 cm³/mol. The first-order valence-corrected chi connectivity index (χ1v) is 9.31. The molecule has 2 aliphatic rings. The molecule has 0 fully saturated rings. The number of thiophene rings is 1. The van der Waals surface area contributed by atoms with Crippen molar-refractivity contribution in [3.05, 3.63) is 44.4 Å². The highest BCUT2D eigenvalue weighted by molar-refractivity contribution is 7.12. The molecule has 0 radical (unpaired) electrons. The lowest BCUT2D eigenvalue weighted by atomic mass is 9.78. The minimum atomic E-state index is -0.386. The van der Waals surface area contributed by atoms with E-state index in [1.807, 2.05) is 26.0 Å². The molecule has 0 spiro atoms. The van der Waals surface area contributed by atoms with Gasteiger partial charge in [-0.2, -0.15) is 0 Å². The average Bonchev–Trinajstić information content (AvgIpc) is 3.00. The third kappa shape index (κ3) is 3.55. The van der Waals surface area contributed by atoms with E-state index in [4.69, 9.17) is 9.47 Å². The molecule has 1 unspecified atom stereocenters. The van der Waals surface area contributed by atoms with Crippen molar-refractivity contribution in [3.63, 3.8) is 0 Å². The van der Waals surface area contributed by atoms with Gasteiger partial charge in [-0.15, -0.1) is 11.3 Å². The summed E-state index contributed by atoms with van der Waals surface area (Å²) in [6.07, 6.45) is 2.22. The summed E-state index contributed by atoms with van der Waals surface area (Å²) in [6.45, 7) is 4.45. The maximum absolute atomic E-state index is 12.8. The average molecular weight is 361 g/mol. The Hall–Kier alpha value is -1.92. The van der Waals surface area contributed by atoms with Crippen LogP contribution in [0.3, 0.4) is 0 Å². The smallest absolute Gasteiger partial charge is 0.336 e. The highest BCUT2D eigenvalue weighted by Gasteiger charge is 2.39. The number of hydrogen-bond acceptors (Lipinski definition) is 6. The van der Waals surface area contributed by atoms with Crippen molar-refractivity contribution in [2.45, 2.75) is 39.0 Å². The Morgan fingerprint density at radius 2 is 2.08 bits per heavy atom. The molecule has 6 heteroatoms. The van der Waals surface area contributed by atoms with Crippen LogP contribution in [-0.2, 0) is 19.1 Å². The third-order valence-corrected chi connectivity index (χ3v) is 5.63. The van der Waals surface area contributed by atoms with E-state index >= 15 is 0 Å². The zero-order chi connectivity index (χ0) is 18.0. The SMILES string of the molecule is COCCOC(=O)C1=C(C)NC2=C(C(=O)CCC2)C1c1ccc(C)s1. The number of rotatable bonds is 5. The van der Waals surface area contributed by atoms with Crippen LogP contribution in [0.25, 0.3) is 0 Å². The topological polar surface area (TPSA) is 64.6 Å². The molecule has 0 bridgehead atoms. The van der Waals surface area contributed by atoms with Crippen LogP contribution in [0.2, 0.25) is 0 Å². The first kappa shape index (κ1) is 17.9. The molecule has 0 aromatic carbocycles. The lowest BCUT2D eigenvalue weighted by Crippen LogP contribution is -2.34. The van der Waals surface area contributed by atoms with Gasteiger partial charge in [0.05, 0.1) is 18.1 Å². The van der Waals surface area contributed by atoms with Gasteiger partial charge in [0, 0.05) is 40.3 Å². The molecule has 134 valence electrons. The van der Waals surface area contributed by atoms with Gasteiger partial charge in [0.1, 0.15) is 6.61 Å². The van der Waals surface area contributed by atoms with Crippen molar-refractivity contribution in [2.75, 3.05) is 20.3 Å². The van der Waals surface area contributed by atoms with E-state index in [1.165, 1.54) is 0 Å². The number of esters is 1. The molecule has 1 aliphatic heterocycles. The second kappa shape index (κ2) is 7.54. The Balaban J connectivity index is 2.02. The first-order chi connectivity index (χ1) is 12.0. The van der Waals surface area contributed by atoms with Crippen molar-refractivity contribution >= 4 is 23.1 Å². The van der Waals surface area contributed by atoms with Crippen molar-refractivity contribution in [2.24, 2.45) is 0 Å². The molecule has 5 nitrogen and oxygen atoms in total. The highest BCUT2D eigenvalue weighted by Crippen LogP contribution is 2.44. The van der Waals surface area contributed by atoms with Crippen molar-refractivity contribution in [1.82, 2.24) is 5.32 Å². The zero-order valence-electron chi connectivity index (χ0n) is 14.8. The summed E-state index contributed by atoms with van der Waals surface area (Å²) in [5.74, 6) is -0.597. The number of nitrogens with one attached hydrogen (secondary N) is 1. The standard InChI is InChI=1S/C19H23NO4S/c1-11-7-8-15(25-11)18-16(19(22)24-10-9-23-3)12(2)20-13-5-4-6-14(21)17(13)18/h7-8,18,20H,4-6,9-10H2,1-3H3. The highest BCUT2D eigenvalue weighted by atomic mass is 32.1. The summed E-state index contributed by atoms with van der Waals surface area (Å²) in [5.41, 5.74) is 2.99. The quantitative estimate of drug-likeness (QED) is 0.644. The number of allylic oxidation sites excluding steroid dienone is 3. The minimum Gasteiger partial charge on any atom is -0.460 e. The molecule has 1 aromatic rings. The molecule has 1 atom stereocenters. The van der Waals surface area contributed by atoms with Gasteiger partial charge in [-0.25, -0.2) is 4.79 Å². The molecular weight excluding hydrogens is 338 g/mol. The number of dihydropyridines is 1. The largest absolute Gasteiger partial charge is 0.460 e. The maximum Gasteiger partial charge on any atom is 0.336 e. The molecule has 0 saturated heterocycles. The van der Waals surface area contributed by atoms with E-state index in [0.717, 1.165) is 39.6 Å². The Bertz CT molecular complexity index is 759. The zero-order valence-corrected chi connectivity index (χ0v) is 15.6. The van der Waals surface area contributed by atoms with Crippen LogP contribution in [0.4, 0.5) is 0 Å². The molecule has 3 rings (SSSR count). The minimum absolute atomic E-state index is 0.125. The molecule has 1 aliphatic carbocycles. The fourth-order valence-corrected chi connectivity index (χ4v) is 4.44. The summed E-state index contributed by atoms with van der Waals surface area (Å²) < 4.78 is 10.3. The lowest BCUT2D eigenvalue weighted by molar-refractivity contribution is -0.140. The molecule has 2 heterocycles. The van der Waals surface area contributed by atoms with Crippen molar-refractivity contribution < 1.29 is 19.1 Å². The number of carbonyl (C=O) groups is 2. The second-order valence-corrected chi connectivity index (χ2v) is 7.66. The molecule has 1 N–H and O–H groups in total. The molecule has 0 amide bonds. The fourth-order valence-electron chi connectivity index (χ4n) is 3.44.